The van der Waals surface area contributed by atoms with Crippen LogP contribution in [0.15, 0.2) is 48.5 Å². The van der Waals surface area contributed by atoms with Gasteiger partial charge in [-0.05, 0) is 54.0 Å². The van der Waals surface area contributed by atoms with Gasteiger partial charge in [0, 0.05) is 16.9 Å². The molecule has 1 fully saturated rings. The van der Waals surface area contributed by atoms with E-state index in [2.05, 4.69) is 11.7 Å². The summed E-state index contributed by atoms with van der Waals surface area (Å²) in [5.74, 6) is -1.28. The van der Waals surface area contributed by atoms with E-state index in [9.17, 15) is 13.2 Å². The SMILES string of the molecule is CCCCCCCC1COC(c2ccc3c(F)c(CCc4ccc(OC(F)F)c(F)c4)ccc3c2)OC1. The molecule has 1 saturated heterocycles. The van der Waals surface area contributed by atoms with Crippen LogP contribution >= 0.6 is 0 Å². The lowest BCUT2D eigenvalue weighted by Crippen LogP contribution is -2.27. The highest BCUT2D eigenvalue weighted by Crippen LogP contribution is 2.31. The van der Waals surface area contributed by atoms with Crippen LogP contribution in [-0.2, 0) is 22.3 Å². The number of rotatable bonds is 12. The van der Waals surface area contributed by atoms with Crippen molar-refractivity contribution in [1.82, 2.24) is 0 Å². The summed E-state index contributed by atoms with van der Waals surface area (Å²) in [6.45, 7) is 0.457. The molecule has 1 aliphatic heterocycles. The zero-order chi connectivity index (χ0) is 26.2. The Balaban J connectivity index is 1.34. The summed E-state index contributed by atoms with van der Waals surface area (Å²) in [5, 5.41) is 1.25. The molecule has 0 saturated carbocycles. The molecule has 3 nitrogen and oxygen atoms in total. The molecule has 3 aromatic rings. The standard InChI is InChI=1S/C30H34F4O3/c1-2-3-4-5-6-7-21-18-35-29(36-19-21)24-13-14-25-23(17-24)12-11-22(28(25)32)10-8-20-9-15-27(26(31)16-20)37-30(33)34/h9,11-17,21,29-30H,2-8,10,18-19H2,1H3. The Morgan fingerprint density at radius 2 is 1.68 bits per heavy atom. The molecule has 200 valence electrons. The summed E-state index contributed by atoms with van der Waals surface area (Å²) in [4.78, 5) is 0. The number of alkyl halides is 2. The van der Waals surface area contributed by atoms with Gasteiger partial charge in [-0.25, -0.2) is 8.78 Å². The molecule has 0 N–H and O–H groups in total. The third kappa shape index (κ3) is 7.45. The van der Waals surface area contributed by atoms with Crippen LogP contribution < -0.4 is 4.74 Å². The number of benzene rings is 3. The summed E-state index contributed by atoms with van der Waals surface area (Å²) < 4.78 is 70.0. The van der Waals surface area contributed by atoms with Gasteiger partial charge in [0.25, 0.3) is 0 Å². The van der Waals surface area contributed by atoms with E-state index in [-0.39, 0.29) is 5.82 Å². The number of unbranched alkanes of at least 4 members (excludes halogenated alkanes) is 4. The minimum atomic E-state index is -3.09. The highest BCUT2D eigenvalue weighted by atomic mass is 19.3. The van der Waals surface area contributed by atoms with Crippen molar-refractivity contribution in [2.75, 3.05) is 13.2 Å². The molecule has 0 amide bonds. The van der Waals surface area contributed by atoms with Crippen molar-refractivity contribution in [2.45, 2.75) is 71.2 Å². The monoisotopic (exact) mass is 518 g/mol. The van der Waals surface area contributed by atoms with Gasteiger partial charge in [0.05, 0.1) is 13.2 Å². The smallest absolute Gasteiger partial charge is 0.387 e. The van der Waals surface area contributed by atoms with Crippen LogP contribution in [0.4, 0.5) is 17.6 Å². The second-order valence-corrected chi connectivity index (χ2v) is 9.73. The summed E-state index contributed by atoms with van der Waals surface area (Å²) in [5.41, 5.74) is 1.93. The van der Waals surface area contributed by atoms with Crippen LogP contribution in [0, 0.1) is 17.6 Å². The maximum atomic E-state index is 15.2. The molecule has 3 aromatic carbocycles. The molecule has 0 spiro atoms. The fourth-order valence-corrected chi connectivity index (χ4v) is 4.80. The molecule has 1 aliphatic rings. The lowest BCUT2D eigenvalue weighted by molar-refractivity contribution is -0.206. The largest absolute Gasteiger partial charge is 0.432 e. The Bertz CT molecular complexity index is 1160. The summed E-state index contributed by atoms with van der Waals surface area (Å²) in [6, 6.07) is 12.9. The Kier molecular flexibility index (Phi) is 9.81. The van der Waals surface area contributed by atoms with Gasteiger partial charge in [0.1, 0.15) is 5.82 Å². The maximum absolute atomic E-state index is 15.2. The molecule has 0 bridgehead atoms. The van der Waals surface area contributed by atoms with Gasteiger partial charge in [-0.1, -0.05) is 69.4 Å². The molecule has 0 radical (unpaired) electrons. The van der Waals surface area contributed by atoms with E-state index < -0.39 is 24.5 Å². The predicted octanol–water partition coefficient (Wildman–Crippen LogP) is 8.53. The molecule has 0 aromatic heterocycles. The fraction of sp³-hybridized carbons (Fsp3) is 0.467. The quantitative estimate of drug-likeness (QED) is 0.178. The number of hydrogen-bond donors (Lipinski definition) is 0. The first kappa shape index (κ1) is 27.4. The van der Waals surface area contributed by atoms with E-state index in [0.717, 1.165) is 23.4 Å². The van der Waals surface area contributed by atoms with E-state index in [0.29, 0.717) is 48.5 Å². The van der Waals surface area contributed by atoms with Crippen LogP contribution in [0.1, 0.15) is 68.4 Å². The van der Waals surface area contributed by atoms with Gasteiger partial charge in [0.15, 0.2) is 17.9 Å². The van der Waals surface area contributed by atoms with Crippen molar-refractivity contribution in [3.8, 4) is 5.75 Å². The van der Waals surface area contributed by atoms with E-state index in [4.69, 9.17) is 9.47 Å². The van der Waals surface area contributed by atoms with Crippen molar-refractivity contribution in [1.29, 1.82) is 0 Å². The molecule has 0 aliphatic carbocycles. The number of hydrogen-bond acceptors (Lipinski definition) is 3. The topological polar surface area (TPSA) is 27.7 Å². The minimum Gasteiger partial charge on any atom is -0.432 e. The van der Waals surface area contributed by atoms with Crippen LogP contribution in [0.2, 0.25) is 0 Å². The third-order valence-electron chi connectivity index (χ3n) is 6.91. The molecular formula is C30H34F4O3. The third-order valence-corrected chi connectivity index (χ3v) is 6.91. The Morgan fingerprint density at radius 1 is 0.892 bits per heavy atom. The molecule has 0 unspecified atom stereocenters. The number of fused-ring (bicyclic) bond motifs is 1. The van der Waals surface area contributed by atoms with Crippen LogP contribution in [-0.4, -0.2) is 19.8 Å². The summed E-state index contributed by atoms with van der Waals surface area (Å²) >= 11 is 0. The number of ether oxygens (including phenoxy) is 3. The van der Waals surface area contributed by atoms with E-state index in [1.807, 2.05) is 18.2 Å². The van der Waals surface area contributed by atoms with Gasteiger partial charge in [-0.3, -0.25) is 0 Å². The first-order valence-electron chi connectivity index (χ1n) is 13.1. The van der Waals surface area contributed by atoms with Crippen LogP contribution in [0.25, 0.3) is 10.8 Å². The number of aryl methyl sites for hydroxylation is 2. The van der Waals surface area contributed by atoms with Gasteiger partial charge in [-0.15, -0.1) is 0 Å². The Labute approximate surface area is 215 Å². The lowest BCUT2D eigenvalue weighted by Gasteiger charge is -2.30. The molecule has 4 rings (SSSR count). The average molecular weight is 519 g/mol. The normalized spacial score (nSPS) is 18.0. The van der Waals surface area contributed by atoms with Crippen molar-refractivity contribution in [3.05, 3.63) is 76.9 Å². The van der Waals surface area contributed by atoms with Crippen LogP contribution in [0.5, 0.6) is 5.75 Å². The summed E-state index contributed by atoms with van der Waals surface area (Å²) in [6.07, 6.45) is 7.64. The van der Waals surface area contributed by atoms with E-state index in [1.54, 1.807) is 12.1 Å². The van der Waals surface area contributed by atoms with Gasteiger partial charge in [-0.2, -0.15) is 8.78 Å². The van der Waals surface area contributed by atoms with Crippen LogP contribution in [0.3, 0.4) is 0 Å². The highest BCUT2D eigenvalue weighted by molar-refractivity contribution is 5.84. The molecule has 0 atom stereocenters. The van der Waals surface area contributed by atoms with E-state index >= 15 is 4.39 Å². The predicted molar refractivity (Wildman–Crippen MR) is 136 cm³/mol. The average Bonchev–Trinajstić information content (AvgIpc) is 2.89. The second kappa shape index (κ2) is 13.2. The maximum Gasteiger partial charge on any atom is 0.387 e. The zero-order valence-corrected chi connectivity index (χ0v) is 21.2. The lowest BCUT2D eigenvalue weighted by atomic mass is 9.98. The molecular weight excluding hydrogens is 484 g/mol. The minimum absolute atomic E-state index is 0.323. The Morgan fingerprint density at radius 3 is 2.41 bits per heavy atom. The highest BCUT2D eigenvalue weighted by Gasteiger charge is 2.24. The number of halogens is 4. The molecule has 37 heavy (non-hydrogen) atoms. The zero-order valence-electron chi connectivity index (χ0n) is 21.2. The van der Waals surface area contributed by atoms with Gasteiger partial charge < -0.3 is 14.2 Å². The fourth-order valence-electron chi connectivity index (χ4n) is 4.80. The van der Waals surface area contributed by atoms with Crippen molar-refractivity contribution in [2.24, 2.45) is 5.92 Å². The molecule has 1 heterocycles. The van der Waals surface area contributed by atoms with Crippen molar-refractivity contribution < 1.29 is 31.8 Å². The van der Waals surface area contributed by atoms with E-state index in [1.165, 1.54) is 44.2 Å². The summed E-state index contributed by atoms with van der Waals surface area (Å²) in [7, 11) is 0. The first-order chi connectivity index (χ1) is 17.9. The Hall–Kier alpha value is -2.64. The first-order valence-corrected chi connectivity index (χ1v) is 13.1. The molecule has 7 heteroatoms. The van der Waals surface area contributed by atoms with Gasteiger partial charge >= 0.3 is 6.61 Å². The van der Waals surface area contributed by atoms with Crippen molar-refractivity contribution >= 4 is 10.8 Å². The van der Waals surface area contributed by atoms with Gasteiger partial charge in [0.2, 0.25) is 0 Å². The second-order valence-electron chi connectivity index (χ2n) is 9.73. The van der Waals surface area contributed by atoms with Crippen molar-refractivity contribution in [3.63, 3.8) is 0 Å².